The highest BCUT2D eigenvalue weighted by molar-refractivity contribution is 6.77. The molecule has 0 aliphatic rings. The number of hydrogen-bond acceptors (Lipinski definition) is 3. The van der Waals surface area contributed by atoms with Crippen molar-refractivity contribution in [3.05, 3.63) is 65.7 Å². The lowest BCUT2D eigenvalue weighted by Crippen LogP contribution is -2.39. The molecule has 2 aromatic rings. The Labute approximate surface area is 133 Å². The van der Waals surface area contributed by atoms with Gasteiger partial charge in [0, 0.05) is 5.67 Å². The van der Waals surface area contributed by atoms with Crippen molar-refractivity contribution < 1.29 is 9.53 Å². The topological polar surface area (TPSA) is 38.3 Å². The minimum absolute atomic E-state index is 0.322. The summed E-state index contributed by atoms with van der Waals surface area (Å²) < 4.78 is 5.50. The molecule has 1 unspecified atom stereocenters. The molecule has 116 valence electrons. The second kappa shape index (κ2) is 6.90. The van der Waals surface area contributed by atoms with E-state index in [9.17, 15) is 4.79 Å². The Morgan fingerprint density at radius 3 is 2.32 bits per heavy atom. The van der Waals surface area contributed by atoms with Crippen molar-refractivity contribution in [3.8, 4) is 5.75 Å². The van der Waals surface area contributed by atoms with Crippen molar-refractivity contribution in [2.24, 2.45) is 0 Å². The maximum atomic E-state index is 12.1. The van der Waals surface area contributed by atoms with E-state index in [1.54, 1.807) is 12.1 Å². The van der Waals surface area contributed by atoms with Crippen molar-refractivity contribution in [1.82, 2.24) is 5.32 Å². The minimum Gasteiger partial charge on any atom is -0.423 e. The normalized spacial score (nSPS) is 12.7. The van der Waals surface area contributed by atoms with Gasteiger partial charge in [0.1, 0.15) is 5.75 Å². The van der Waals surface area contributed by atoms with Crippen LogP contribution in [0.1, 0.15) is 21.6 Å². The number of carbonyl (C=O) groups is 1. The third-order valence-corrected chi connectivity index (χ3v) is 5.92. The second-order valence-corrected chi connectivity index (χ2v) is 11.7. The van der Waals surface area contributed by atoms with Gasteiger partial charge in [-0.05, 0) is 36.9 Å². The van der Waals surface area contributed by atoms with Gasteiger partial charge < -0.3 is 10.1 Å². The first-order valence-corrected chi connectivity index (χ1v) is 11.0. The molecule has 0 fully saturated rings. The molecule has 0 saturated heterocycles. The Hall–Kier alpha value is -1.91. The fourth-order valence-electron chi connectivity index (χ4n) is 2.60. The van der Waals surface area contributed by atoms with Crippen LogP contribution >= 0.6 is 0 Å². The molecule has 1 atom stereocenters. The van der Waals surface area contributed by atoms with E-state index in [2.05, 4.69) is 31.0 Å². The fraction of sp³-hybridized carbons (Fsp3) is 0.278. The Kier molecular flexibility index (Phi) is 5.16. The number of nitrogens with one attached hydrogen (secondary N) is 1. The minimum atomic E-state index is -1.41. The highest BCUT2D eigenvalue weighted by Crippen LogP contribution is 2.27. The molecular weight excluding hydrogens is 290 g/mol. The van der Waals surface area contributed by atoms with Gasteiger partial charge in [0.25, 0.3) is 0 Å². The van der Waals surface area contributed by atoms with Crippen LogP contribution in [0.25, 0.3) is 0 Å². The van der Waals surface area contributed by atoms with E-state index < -0.39 is 8.07 Å². The third kappa shape index (κ3) is 4.05. The number of benzene rings is 2. The maximum absolute atomic E-state index is 12.1. The molecule has 0 aromatic heterocycles. The van der Waals surface area contributed by atoms with Gasteiger partial charge in [0.05, 0.1) is 13.6 Å². The van der Waals surface area contributed by atoms with E-state index in [4.69, 9.17) is 4.74 Å². The molecule has 0 bridgehead atoms. The van der Waals surface area contributed by atoms with Crippen molar-refractivity contribution in [1.29, 1.82) is 0 Å². The van der Waals surface area contributed by atoms with Crippen molar-refractivity contribution >= 4 is 14.0 Å². The van der Waals surface area contributed by atoms with Crippen molar-refractivity contribution in [3.63, 3.8) is 0 Å². The largest absolute Gasteiger partial charge is 0.423 e. The molecule has 22 heavy (non-hydrogen) atoms. The van der Waals surface area contributed by atoms with Crippen LogP contribution in [0.4, 0.5) is 0 Å². The zero-order valence-corrected chi connectivity index (χ0v) is 14.6. The third-order valence-electron chi connectivity index (χ3n) is 3.57. The smallest absolute Gasteiger partial charge is 0.343 e. The Morgan fingerprint density at radius 2 is 1.73 bits per heavy atom. The van der Waals surface area contributed by atoms with Crippen LogP contribution in [0, 0.1) is 0 Å². The lowest BCUT2D eigenvalue weighted by atomic mass is 10.2. The molecule has 0 saturated carbocycles. The summed E-state index contributed by atoms with van der Waals surface area (Å²) in [5.41, 5.74) is 2.05. The molecule has 0 aliphatic carbocycles. The summed E-state index contributed by atoms with van der Waals surface area (Å²) in [6.45, 7) is 6.95. The number of esters is 1. The number of hydrogen-bond donors (Lipinski definition) is 1. The molecule has 1 N–H and O–H groups in total. The lowest BCUT2D eigenvalue weighted by molar-refractivity contribution is 0.0734. The lowest BCUT2D eigenvalue weighted by Gasteiger charge is -2.29. The standard InChI is InChI=1S/C18H23NO2Si/c1-19-17(22(2,3)4)15-11-8-12-16(13-15)21-18(20)14-9-6-5-7-10-14/h5-13,17,19H,1-4H3. The average molecular weight is 313 g/mol. The van der Waals surface area contributed by atoms with Crippen molar-refractivity contribution in [2.75, 3.05) is 7.05 Å². The molecule has 3 nitrogen and oxygen atoms in total. The predicted octanol–water partition coefficient (Wildman–Crippen LogP) is 4.04. The summed E-state index contributed by atoms with van der Waals surface area (Å²) in [6, 6.07) is 16.8. The first-order valence-electron chi connectivity index (χ1n) is 7.46. The van der Waals surface area contributed by atoms with Crippen LogP contribution in [0.3, 0.4) is 0 Å². The van der Waals surface area contributed by atoms with E-state index in [0.29, 0.717) is 17.0 Å². The predicted molar refractivity (Wildman–Crippen MR) is 93.0 cm³/mol. The molecule has 0 heterocycles. The highest BCUT2D eigenvalue weighted by Gasteiger charge is 2.27. The van der Waals surface area contributed by atoms with Gasteiger partial charge in [-0.25, -0.2) is 4.79 Å². The molecule has 0 aliphatic heterocycles. The first-order chi connectivity index (χ1) is 10.4. The van der Waals surface area contributed by atoms with Crippen molar-refractivity contribution in [2.45, 2.75) is 25.3 Å². The quantitative estimate of drug-likeness (QED) is 0.514. The molecule has 2 rings (SSSR count). The maximum Gasteiger partial charge on any atom is 0.343 e. The van der Waals surface area contributed by atoms with Gasteiger partial charge in [-0.3, -0.25) is 0 Å². The fourth-order valence-corrected chi connectivity index (χ4v) is 4.64. The number of rotatable bonds is 5. The summed E-state index contributed by atoms with van der Waals surface area (Å²) in [4.78, 5) is 12.1. The van der Waals surface area contributed by atoms with Crippen LogP contribution in [0.15, 0.2) is 54.6 Å². The molecule has 2 aromatic carbocycles. The Balaban J connectivity index is 2.20. The molecule has 0 radical (unpaired) electrons. The van der Waals surface area contributed by atoms with E-state index in [1.165, 1.54) is 5.56 Å². The molecular formula is C18H23NO2Si. The van der Waals surface area contributed by atoms with Crippen LogP contribution in [-0.2, 0) is 0 Å². The highest BCUT2D eigenvalue weighted by atomic mass is 28.3. The van der Waals surface area contributed by atoms with Gasteiger partial charge in [-0.15, -0.1) is 0 Å². The van der Waals surface area contributed by atoms with Crippen LogP contribution in [0.2, 0.25) is 19.6 Å². The van der Waals surface area contributed by atoms with Crippen LogP contribution in [0.5, 0.6) is 5.75 Å². The number of carbonyl (C=O) groups excluding carboxylic acids is 1. The number of ether oxygens (including phenoxy) is 1. The van der Waals surface area contributed by atoms with Crippen LogP contribution in [-0.4, -0.2) is 21.1 Å². The zero-order valence-electron chi connectivity index (χ0n) is 13.6. The first kappa shape index (κ1) is 16.5. The molecule has 0 amide bonds. The van der Waals surface area contributed by atoms with Crippen LogP contribution < -0.4 is 10.1 Å². The summed E-state index contributed by atoms with van der Waals surface area (Å²) in [5, 5.41) is 3.39. The zero-order chi connectivity index (χ0) is 16.2. The van der Waals surface area contributed by atoms with E-state index in [1.807, 2.05) is 43.4 Å². The van der Waals surface area contributed by atoms with Gasteiger partial charge in [-0.1, -0.05) is 50.0 Å². The molecule has 0 spiro atoms. The average Bonchev–Trinajstić information content (AvgIpc) is 2.48. The Morgan fingerprint density at radius 1 is 1.05 bits per heavy atom. The van der Waals surface area contributed by atoms with Gasteiger partial charge in [0.15, 0.2) is 0 Å². The molecule has 4 heteroatoms. The van der Waals surface area contributed by atoms with E-state index >= 15 is 0 Å². The Bertz CT molecular complexity index is 635. The van der Waals surface area contributed by atoms with Gasteiger partial charge in [0.2, 0.25) is 0 Å². The van der Waals surface area contributed by atoms with Gasteiger partial charge in [-0.2, -0.15) is 0 Å². The summed E-state index contributed by atoms with van der Waals surface area (Å²) in [7, 11) is 0.572. The monoisotopic (exact) mass is 313 g/mol. The van der Waals surface area contributed by atoms with E-state index in [0.717, 1.165) is 0 Å². The summed E-state index contributed by atoms with van der Waals surface area (Å²) in [6.07, 6.45) is 0. The second-order valence-electron chi connectivity index (χ2n) is 6.42. The van der Waals surface area contributed by atoms with Gasteiger partial charge >= 0.3 is 5.97 Å². The summed E-state index contributed by atoms with van der Waals surface area (Å²) >= 11 is 0. The van der Waals surface area contributed by atoms with E-state index in [-0.39, 0.29) is 5.97 Å². The summed E-state index contributed by atoms with van der Waals surface area (Å²) in [5.74, 6) is 0.261. The SMILES string of the molecule is CNC(c1cccc(OC(=O)c2ccccc2)c1)[Si](C)(C)C.